The third kappa shape index (κ3) is 4.77. The first-order chi connectivity index (χ1) is 13.0. The summed E-state index contributed by atoms with van der Waals surface area (Å²) in [5.74, 6) is -1.39. The summed E-state index contributed by atoms with van der Waals surface area (Å²) in [5.41, 5.74) is 0.921. The molecule has 0 saturated carbocycles. The Bertz CT molecular complexity index is 1010. The Labute approximate surface area is 164 Å². The smallest absolute Gasteiger partial charge is 0.346 e. The number of carbonyl (C=O) groups excluding carboxylic acids is 2. The van der Waals surface area contributed by atoms with Gasteiger partial charge in [0.25, 0.3) is 0 Å². The Morgan fingerprint density at radius 2 is 1.56 bits per heavy atom. The Balaban J connectivity index is 1.80. The van der Waals surface area contributed by atoms with Crippen molar-refractivity contribution in [3.05, 3.63) is 106 Å². The summed E-state index contributed by atoms with van der Waals surface area (Å²) in [6.07, 6.45) is 2.97. The van der Waals surface area contributed by atoms with Crippen molar-refractivity contribution in [2.75, 3.05) is 0 Å². The first kappa shape index (κ1) is 18.7. The molecular weight excluding hydrogens is 411 g/mol. The lowest BCUT2D eigenvalue weighted by atomic mass is 10.1. The zero-order chi connectivity index (χ0) is 19.2. The lowest BCUT2D eigenvalue weighted by Crippen LogP contribution is -2.11. The van der Waals surface area contributed by atoms with E-state index in [0.29, 0.717) is 11.1 Å². The molecule has 0 heterocycles. The van der Waals surface area contributed by atoms with E-state index < -0.39 is 11.8 Å². The minimum atomic E-state index is -0.798. The molecular formula is C22H14BrFO3. The molecule has 3 aromatic rings. The van der Waals surface area contributed by atoms with Crippen LogP contribution >= 0.6 is 15.9 Å². The number of rotatable bonds is 5. The zero-order valence-corrected chi connectivity index (χ0v) is 15.6. The number of allylic oxidation sites excluding steroid dienone is 1. The Kier molecular flexibility index (Phi) is 5.94. The molecule has 5 heteroatoms. The van der Waals surface area contributed by atoms with E-state index in [1.54, 1.807) is 60.7 Å². The van der Waals surface area contributed by atoms with Crippen LogP contribution in [0.25, 0.3) is 6.08 Å². The Hall–Kier alpha value is -3.05. The van der Waals surface area contributed by atoms with Gasteiger partial charge in [-0.2, -0.15) is 0 Å². The minimum absolute atomic E-state index is 0.151. The summed E-state index contributed by atoms with van der Waals surface area (Å²) in [6, 6.07) is 19.3. The molecule has 0 aliphatic heterocycles. The van der Waals surface area contributed by atoms with Crippen molar-refractivity contribution < 1.29 is 18.7 Å². The lowest BCUT2D eigenvalue weighted by molar-refractivity contribution is 0.0729. The van der Waals surface area contributed by atoms with Gasteiger partial charge in [0.2, 0.25) is 0 Å². The van der Waals surface area contributed by atoms with Crippen molar-refractivity contribution in [2.45, 2.75) is 0 Å². The zero-order valence-electron chi connectivity index (χ0n) is 14.1. The summed E-state index contributed by atoms with van der Waals surface area (Å²) in [5, 5.41) is 0. The quantitative estimate of drug-likeness (QED) is 0.228. The highest BCUT2D eigenvalue weighted by molar-refractivity contribution is 9.10. The fourth-order valence-corrected chi connectivity index (χ4v) is 2.63. The number of halogens is 2. The molecule has 3 aromatic carbocycles. The third-order valence-corrected chi connectivity index (χ3v) is 4.29. The number of hydrogen-bond acceptors (Lipinski definition) is 3. The molecule has 0 spiro atoms. The first-order valence-electron chi connectivity index (χ1n) is 8.08. The summed E-state index contributed by atoms with van der Waals surface area (Å²) >= 11 is 3.32. The predicted octanol–water partition coefficient (Wildman–Crippen LogP) is 5.70. The van der Waals surface area contributed by atoms with Gasteiger partial charge in [0, 0.05) is 15.6 Å². The Morgan fingerprint density at radius 1 is 0.889 bits per heavy atom. The van der Waals surface area contributed by atoms with Crippen LogP contribution in [0.2, 0.25) is 0 Å². The highest BCUT2D eigenvalue weighted by Crippen LogP contribution is 2.22. The maximum atomic E-state index is 13.8. The largest absolute Gasteiger partial charge is 0.422 e. The second-order valence-corrected chi connectivity index (χ2v) is 6.53. The summed E-state index contributed by atoms with van der Waals surface area (Å²) in [4.78, 5) is 24.5. The van der Waals surface area contributed by atoms with Crippen LogP contribution in [0.5, 0.6) is 5.75 Å². The van der Waals surface area contributed by atoms with Gasteiger partial charge in [-0.25, -0.2) is 9.18 Å². The van der Waals surface area contributed by atoms with Crippen molar-refractivity contribution in [2.24, 2.45) is 0 Å². The van der Waals surface area contributed by atoms with E-state index in [0.717, 1.165) is 4.47 Å². The second kappa shape index (κ2) is 8.56. The molecule has 3 nitrogen and oxygen atoms in total. The van der Waals surface area contributed by atoms with Crippen LogP contribution in [0.3, 0.4) is 0 Å². The third-order valence-electron chi connectivity index (χ3n) is 3.76. The van der Waals surface area contributed by atoms with Crippen LogP contribution in [0.1, 0.15) is 26.3 Å². The van der Waals surface area contributed by atoms with Crippen LogP contribution in [-0.4, -0.2) is 11.8 Å². The maximum absolute atomic E-state index is 13.8. The van der Waals surface area contributed by atoms with Crippen molar-refractivity contribution in [3.63, 3.8) is 0 Å². The van der Waals surface area contributed by atoms with E-state index in [4.69, 9.17) is 4.74 Å². The molecule has 27 heavy (non-hydrogen) atoms. The molecule has 0 atom stereocenters. The number of benzene rings is 3. The molecule has 0 amide bonds. The van der Waals surface area contributed by atoms with Crippen molar-refractivity contribution in [1.82, 2.24) is 0 Å². The maximum Gasteiger partial charge on any atom is 0.346 e. The molecule has 0 aromatic heterocycles. The second-order valence-electron chi connectivity index (χ2n) is 5.61. The van der Waals surface area contributed by atoms with Gasteiger partial charge in [0.15, 0.2) is 5.78 Å². The fraction of sp³-hybridized carbons (Fsp3) is 0. The number of carbonyl (C=O) groups is 2. The first-order valence-corrected chi connectivity index (χ1v) is 8.87. The monoisotopic (exact) mass is 424 g/mol. The van der Waals surface area contributed by atoms with Crippen LogP contribution in [-0.2, 0) is 0 Å². The molecule has 134 valence electrons. The molecule has 0 N–H and O–H groups in total. The van der Waals surface area contributed by atoms with Crippen LogP contribution in [0.15, 0.2) is 83.3 Å². The van der Waals surface area contributed by atoms with Crippen molar-refractivity contribution >= 4 is 33.8 Å². The average molecular weight is 425 g/mol. The van der Waals surface area contributed by atoms with Crippen molar-refractivity contribution in [3.8, 4) is 5.75 Å². The summed E-state index contributed by atoms with van der Waals surface area (Å²) in [7, 11) is 0. The van der Waals surface area contributed by atoms with E-state index in [2.05, 4.69) is 15.9 Å². The van der Waals surface area contributed by atoms with Gasteiger partial charge in [0.05, 0.1) is 5.56 Å². The molecule has 0 fully saturated rings. The van der Waals surface area contributed by atoms with E-state index in [9.17, 15) is 14.0 Å². The fourth-order valence-electron chi connectivity index (χ4n) is 2.37. The standard InChI is InChI=1S/C22H14BrFO3/c23-17-12-9-15(10-13-17)20(25)14-11-16-5-1-4-8-21(16)27-22(26)18-6-2-3-7-19(18)24/h1-14H. The van der Waals surface area contributed by atoms with Gasteiger partial charge < -0.3 is 4.74 Å². The van der Waals surface area contributed by atoms with Crippen LogP contribution in [0.4, 0.5) is 4.39 Å². The van der Waals surface area contributed by atoms with Gasteiger partial charge in [-0.1, -0.05) is 46.3 Å². The van der Waals surface area contributed by atoms with Crippen LogP contribution < -0.4 is 4.74 Å². The molecule has 0 aliphatic carbocycles. The highest BCUT2D eigenvalue weighted by atomic mass is 79.9. The van der Waals surface area contributed by atoms with E-state index >= 15 is 0 Å². The van der Waals surface area contributed by atoms with Gasteiger partial charge in [-0.3, -0.25) is 4.79 Å². The normalized spacial score (nSPS) is 10.7. The number of para-hydroxylation sites is 1. The molecule has 0 bridgehead atoms. The molecule has 0 radical (unpaired) electrons. The van der Waals surface area contributed by atoms with Crippen molar-refractivity contribution in [1.29, 1.82) is 0 Å². The van der Waals surface area contributed by atoms with Gasteiger partial charge >= 0.3 is 5.97 Å². The minimum Gasteiger partial charge on any atom is -0.422 e. The lowest BCUT2D eigenvalue weighted by Gasteiger charge is -2.08. The number of hydrogen-bond donors (Lipinski definition) is 0. The summed E-state index contributed by atoms with van der Waals surface area (Å²) < 4.78 is 20.0. The summed E-state index contributed by atoms with van der Waals surface area (Å²) in [6.45, 7) is 0. The molecule has 0 unspecified atom stereocenters. The number of esters is 1. The predicted molar refractivity (Wildman–Crippen MR) is 105 cm³/mol. The number of ketones is 1. The molecule has 0 saturated heterocycles. The van der Waals surface area contributed by atoms with Gasteiger partial charge in [-0.05, 0) is 54.6 Å². The highest BCUT2D eigenvalue weighted by Gasteiger charge is 2.14. The molecule has 3 rings (SSSR count). The van der Waals surface area contributed by atoms with E-state index in [-0.39, 0.29) is 17.1 Å². The number of ether oxygens (including phenoxy) is 1. The van der Waals surface area contributed by atoms with Crippen LogP contribution in [0, 0.1) is 5.82 Å². The SMILES string of the molecule is O=C(C=Cc1ccccc1OC(=O)c1ccccc1F)c1ccc(Br)cc1. The van der Waals surface area contributed by atoms with Gasteiger partial charge in [0.1, 0.15) is 11.6 Å². The van der Waals surface area contributed by atoms with Gasteiger partial charge in [-0.15, -0.1) is 0 Å². The Morgan fingerprint density at radius 3 is 2.30 bits per heavy atom. The van der Waals surface area contributed by atoms with E-state index in [1.807, 2.05) is 0 Å². The topological polar surface area (TPSA) is 43.4 Å². The average Bonchev–Trinajstić information content (AvgIpc) is 2.68. The molecule has 0 aliphatic rings. The van der Waals surface area contributed by atoms with E-state index in [1.165, 1.54) is 24.3 Å².